The molecule has 0 bridgehead atoms. The smallest absolute Gasteiger partial charge is 0.149 e. The van der Waals surface area contributed by atoms with Gasteiger partial charge in [-0.2, -0.15) is 0 Å². The fourth-order valence-corrected chi connectivity index (χ4v) is 0.878. The quantitative estimate of drug-likeness (QED) is 0.726. The first kappa shape index (κ1) is 8.93. The second-order valence-electron chi connectivity index (χ2n) is 2.53. The zero-order chi connectivity index (χ0) is 9.14. The van der Waals surface area contributed by atoms with E-state index in [0.717, 1.165) is 0 Å². The average Bonchev–Trinajstić information content (AvgIpc) is 2.03. The Morgan fingerprint density at radius 1 is 1.67 bits per heavy atom. The van der Waals surface area contributed by atoms with Gasteiger partial charge in [0.05, 0.1) is 19.0 Å². The third-order valence-corrected chi connectivity index (χ3v) is 1.51. The van der Waals surface area contributed by atoms with Gasteiger partial charge in [-0.3, -0.25) is 4.98 Å². The molecule has 2 N–H and O–H groups in total. The molecular formula is C8H11FN2O. The highest BCUT2D eigenvalue weighted by molar-refractivity contribution is 5.22. The molecule has 1 heterocycles. The maximum Gasteiger partial charge on any atom is 0.149 e. The van der Waals surface area contributed by atoms with Crippen LogP contribution in [0.1, 0.15) is 18.7 Å². The number of aromatic nitrogens is 1. The Labute approximate surface area is 70.4 Å². The van der Waals surface area contributed by atoms with Gasteiger partial charge in [-0.05, 0) is 6.92 Å². The molecule has 0 saturated carbocycles. The van der Waals surface area contributed by atoms with Gasteiger partial charge >= 0.3 is 0 Å². The largest absolute Gasteiger partial charge is 0.495 e. The van der Waals surface area contributed by atoms with Crippen LogP contribution in [0.5, 0.6) is 5.75 Å². The monoisotopic (exact) mass is 170 g/mol. The summed E-state index contributed by atoms with van der Waals surface area (Å²) in [4.78, 5) is 3.82. The first-order valence-corrected chi connectivity index (χ1v) is 3.60. The Balaban J connectivity index is 3.03. The summed E-state index contributed by atoms with van der Waals surface area (Å²) in [5, 5.41) is 0. The number of methoxy groups -OCH3 is 1. The fourth-order valence-electron chi connectivity index (χ4n) is 0.878. The predicted octanol–water partition coefficient (Wildman–Crippen LogP) is 1.25. The van der Waals surface area contributed by atoms with E-state index >= 15 is 0 Å². The lowest BCUT2D eigenvalue weighted by Crippen LogP contribution is -2.09. The Morgan fingerprint density at radius 2 is 2.33 bits per heavy atom. The minimum absolute atomic E-state index is 0.260. The van der Waals surface area contributed by atoms with Crippen molar-refractivity contribution in [1.29, 1.82) is 0 Å². The minimum atomic E-state index is -0.427. The summed E-state index contributed by atoms with van der Waals surface area (Å²) in [6.07, 6.45) is 1.45. The zero-order valence-corrected chi connectivity index (χ0v) is 7.04. The number of hydrogen-bond acceptors (Lipinski definition) is 3. The van der Waals surface area contributed by atoms with Crippen LogP contribution >= 0.6 is 0 Å². The standard InChI is InChI=1S/C8H11FN2O/c1-5(10)8-7(9)3-6(12-2)4-11-8/h3-5H,10H2,1-2H3. The van der Waals surface area contributed by atoms with E-state index in [1.54, 1.807) is 6.92 Å². The number of nitrogens with zero attached hydrogens (tertiary/aromatic N) is 1. The van der Waals surface area contributed by atoms with Crippen LogP contribution in [-0.4, -0.2) is 12.1 Å². The number of pyridine rings is 1. The predicted molar refractivity (Wildman–Crippen MR) is 43.3 cm³/mol. The molecule has 0 aliphatic heterocycles. The van der Waals surface area contributed by atoms with Crippen LogP contribution in [0.4, 0.5) is 4.39 Å². The van der Waals surface area contributed by atoms with Crippen LogP contribution in [0, 0.1) is 5.82 Å². The summed E-state index contributed by atoms with van der Waals surface area (Å²) < 4.78 is 17.9. The summed E-state index contributed by atoms with van der Waals surface area (Å²) in [6, 6.07) is 0.877. The molecule has 3 nitrogen and oxygen atoms in total. The molecule has 0 fully saturated rings. The second kappa shape index (κ2) is 3.49. The van der Waals surface area contributed by atoms with Crippen LogP contribution in [-0.2, 0) is 0 Å². The molecule has 1 atom stereocenters. The summed E-state index contributed by atoms with van der Waals surface area (Å²) >= 11 is 0. The summed E-state index contributed by atoms with van der Waals surface area (Å²) in [5.74, 6) is -0.0266. The van der Waals surface area contributed by atoms with Crippen LogP contribution in [0.15, 0.2) is 12.3 Å². The molecule has 1 aromatic heterocycles. The third kappa shape index (κ3) is 1.71. The average molecular weight is 170 g/mol. The van der Waals surface area contributed by atoms with Gasteiger partial charge < -0.3 is 10.5 Å². The Kier molecular flexibility index (Phi) is 2.60. The second-order valence-corrected chi connectivity index (χ2v) is 2.53. The number of halogens is 1. The summed E-state index contributed by atoms with van der Waals surface area (Å²) in [5.41, 5.74) is 5.72. The van der Waals surface area contributed by atoms with Crippen molar-refractivity contribution in [3.63, 3.8) is 0 Å². The van der Waals surface area contributed by atoms with Crippen molar-refractivity contribution in [3.8, 4) is 5.75 Å². The summed E-state index contributed by atoms with van der Waals surface area (Å²) in [7, 11) is 1.46. The van der Waals surface area contributed by atoms with Crippen molar-refractivity contribution in [2.75, 3.05) is 7.11 Å². The highest BCUT2D eigenvalue weighted by Gasteiger charge is 2.08. The molecule has 0 aromatic carbocycles. The van der Waals surface area contributed by atoms with Gasteiger partial charge in [0, 0.05) is 12.1 Å². The molecule has 12 heavy (non-hydrogen) atoms. The number of ether oxygens (including phenoxy) is 1. The van der Waals surface area contributed by atoms with E-state index in [1.807, 2.05) is 0 Å². The van der Waals surface area contributed by atoms with Crippen LogP contribution in [0.25, 0.3) is 0 Å². The van der Waals surface area contributed by atoms with Gasteiger partial charge in [0.15, 0.2) is 0 Å². The van der Waals surface area contributed by atoms with E-state index in [-0.39, 0.29) is 5.69 Å². The molecule has 1 aromatic rings. The van der Waals surface area contributed by atoms with Crippen LogP contribution < -0.4 is 10.5 Å². The molecule has 0 radical (unpaired) electrons. The molecule has 0 aliphatic rings. The molecule has 0 amide bonds. The van der Waals surface area contributed by atoms with Crippen molar-refractivity contribution < 1.29 is 9.13 Å². The Morgan fingerprint density at radius 3 is 2.75 bits per heavy atom. The zero-order valence-electron chi connectivity index (χ0n) is 7.04. The van der Waals surface area contributed by atoms with Gasteiger partial charge in [-0.1, -0.05) is 0 Å². The van der Waals surface area contributed by atoms with Gasteiger partial charge in [0.25, 0.3) is 0 Å². The highest BCUT2D eigenvalue weighted by Crippen LogP contribution is 2.16. The van der Waals surface area contributed by atoms with Gasteiger partial charge in [0.1, 0.15) is 11.6 Å². The van der Waals surface area contributed by atoms with Crippen LogP contribution in [0.2, 0.25) is 0 Å². The van der Waals surface area contributed by atoms with Gasteiger partial charge in [0.2, 0.25) is 0 Å². The van der Waals surface area contributed by atoms with E-state index in [0.29, 0.717) is 5.75 Å². The van der Waals surface area contributed by atoms with Crippen molar-refractivity contribution >= 4 is 0 Å². The third-order valence-electron chi connectivity index (χ3n) is 1.51. The van der Waals surface area contributed by atoms with Gasteiger partial charge in [-0.25, -0.2) is 4.39 Å². The molecule has 1 rings (SSSR count). The Bertz CT molecular complexity index is 276. The van der Waals surface area contributed by atoms with Crippen molar-refractivity contribution in [2.45, 2.75) is 13.0 Å². The molecule has 4 heteroatoms. The first-order chi connectivity index (χ1) is 5.65. The SMILES string of the molecule is COc1cnc(C(C)N)c(F)c1. The van der Waals surface area contributed by atoms with E-state index < -0.39 is 11.9 Å². The topological polar surface area (TPSA) is 48.1 Å². The molecule has 0 spiro atoms. The lowest BCUT2D eigenvalue weighted by atomic mass is 10.2. The van der Waals surface area contributed by atoms with E-state index in [1.165, 1.54) is 19.4 Å². The van der Waals surface area contributed by atoms with E-state index in [2.05, 4.69) is 4.98 Å². The molecule has 1 unspecified atom stereocenters. The normalized spacial score (nSPS) is 12.7. The molecular weight excluding hydrogens is 159 g/mol. The fraction of sp³-hybridized carbons (Fsp3) is 0.375. The van der Waals surface area contributed by atoms with Gasteiger partial charge in [-0.15, -0.1) is 0 Å². The maximum atomic E-state index is 13.1. The minimum Gasteiger partial charge on any atom is -0.495 e. The molecule has 66 valence electrons. The number of nitrogens with two attached hydrogens (primary N) is 1. The van der Waals surface area contributed by atoms with E-state index in [4.69, 9.17) is 10.5 Å². The maximum absolute atomic E-state index is 13.1. The van der Waals surface area contributed by atoms with Crippen molar-refractivity contribution in [2.24, 2.45) is 5.73 Å². The number of rotatable bonds is 2. The van der Waals surface area contributed by atoms with E-state index in [9.17, 15) is 4.39 Å². The lowest BCUT2D eigenvalue weighted by Gasteiger charge is -2.06. The van der Waals surface area contributed by atoms with Crippen molar-refractivity contribution in [1.82, 2.24) is 4.98 Å². The lowest BCUT2D eigenvalue weighted by molar-refractivity contribution is 0.407. The molecule has 0 saturated heterocycles. The highest BCUT2D eigenvalue weighted by atomic mass is 19.1. The first-order valence-electron chi connectivity index (χ1n) is 3.60. The summed E-state index contributed by atoms with van der Waals surface area (Å²) in [6.45, 7) is 1.68. The molecule has 0 aliphatic carbocycles. The Hall–Kier alpha value is -1.16. The number of hydrogen-bond donors (Lipinski definition) is 1. The van der Waals surface area contributed by atoms with Crippen LogP contribution in [0.3, 0.4) is 0 Å². The van der Waals surface area contributed by atoms with Crippen molar-refractivity contribution in [3.05, 3.63) is 23.8 Å².